The maximum absolute atomic E-state index is 6.32. The van der Waals surface area contributed by atoms with Gasteiger partial charge in [0.05, 0.1) is 23.6 Å². The molecular formula is C19H24ClN6P. The molecule has 2 heterocycles. The first-order valence-corrected chi connectivity index (χ1v) is 11.2. The first-order chi connectivity index (χ1) is 12.7. The van der Waals surface area contributed by atoms with E-state index in [0.717, 1.165) is 11.4 Å². The molecule has 0 bridgehead atoms. The second kappa shape index (κ2) is 7.83. The standard InChI is InChI=1S/C19H24ClN6P/c1-19(2,3)26-12-13(10-22-26)23-18-21-11-14(20)17(25-18)24-15-8-6-7-9-16(15)27(4)5/h6-12H,1-5H3,(H2,21,23,24,25). The van der Waals surface area contributed by atoms with E-state index >= 15 is 0 Å². The normalized spacial score (nSPS) is 11.7. The van der Waals surface area contributed by atoms with Gasteiger partial charge in [-0.15, -0.1) is 0 Å². The Balaban J connectivity index is 1.84. The summed E-state index contributed by atoms with van der Waals surface area (Å²) in [4.78, 5) is 8.82. The summed E-state index contributed by atoms with van der Waals surface area (Å²) in [5.41, 5.74) is 1.75. The van der Waals surface area contributed by atoms with Crippen molar-refractivity contribution in [2.75, 3.05) is 24.0 Å². The van der Waals surface area contributed by atoms with Crippen LogP contribution in [0.2, 0.25) is 5.02 Å². The topological polar surface area (TPSA) is 67.7 Å². The number of hydrogen-bond donors (Lipinski definition) is 2. The fourth-order valence-electron chi connectivity index (χ4n) is 2.50. The highest BCUT2D eigenvalue weighted by atomic mass is 35.5. The predicted molar refractivity (Wildman–Crippen MR) is 116 cm³/mol. The number of halogens is 1. The van der Waals surface area contributed by atoms with Gasteiger partial charge >= 0.3 is 0 Å². The minimum atomic E-state index is -0.254. The summed E-state index contributed by atoms with van der Waals surface area (Å²) in [6, 6.07) is 8.21. The molecule has 0 saturated carbocycles. The van der Waals surface area contributed by atoms with E-state index in [4.69, 9.17) is 11.6 Å². The number of para-hydroxylation sites is 1. The van der Waals surface area contributed by atoms with Crippen molar-refractivity contribution in [1.29, 1.82) is 0 Å². The second-order valence-electron chi connectivity index (χ2n) is 7.40. The monoisotopic (exact) mass is 402 g/mol. The number of nitrogens with one attached hydrogen (secondary N) is 2. The van der Waals surface area contributed by atoms with Gasteiger partial charge < -0.3 is 10.6 Å². The van der Waals surface area contributed by atoms with Gasteiger partial charge in [-0.2, -0.15) is 10.1 Å². The van der Waals surface area contributed by atoms with E-state index in [0.29, 0.717) is 16.8 Å². The molecule has 2 N–H and O–H groups in total. The fourth-order valence-corrected chi connectivity index (χ4v) is 3.63. The molecule has 0 saturated heterocycles. The lowest BCUT2D eigenvalue weighted by Crippen LogP contribution is -2.21. The Kier molecular flexibility index (Phi) is 5.68. The van der Waals surface area contributed by atoms with Crippen molar-refractivity contribution >= 4 is 48.0 Å². The Morgan fingerprint density at radius 3 is 2.48 bits per heavy atom. The molecular weight excluding hydrogens is 379 g/mol. The second-order valence-corrected chi connectivity index (χ2v) is 10.1. The predicted octanol–water partition coefficient (Wildman–Crippen LogP) is 4.94. The van der Waals surface area contributed by atoms with Crippen LogP contribution in [0.4, 0.5) is 23.1 Å². The molecule has 27 heavy (non-hydrogen) atoms. The van der Waals surface area contributed by atoms with E-state index in [1.54, 1.807) is 12.4 Å². The Morgan fingerprint density at radius 1 is 1.07 bits per heavy atom. The summed E-state index contributed by atoms with van der Waals surface area (Å²) in [7, 11) is -0.254. The molecule has 142 valence electrons. The van der Waals surface area contributed by atoms with Crippen LogP contribution in [0.25, 0.3) is 0 Å². The van der Waals surface area contributed by atoms with E-state index < -0.39 is 0 Å². The summed E-state index contributed by atoms with van der Waals surface area (Å²) in [5, 5.41) is 12.7. The first kappa shape index (κ1) is 19.6. The SMILES string of the molecule is CP(C)c1ccccc1Nc1nc(Nc2cnn(C(C)(C)C)c2)ncc1Cl. The van der Waals surface area contributed by atoms with E-state index in [1.807, 2.05) is 29.1 Å². The fraction of sp³-hybridized carbons (Fsp3) is 0.316. The van der Waals surface area contributed by atoms with Gasteiger partial charge in [0.25, 0.3) is 0 Å². The van der Waals surface area contributed by atoms with E-state index in [-0.39, 0.29) is 13.5 Å². The average molecular weight is 403 g/mol. The highest BCUT2D eigenvalue weighted by Crippen LogP contribution is 2.31. The van der Waals surface area contributed by atoms with Crippen molar-refractivity contribution < 1.29 is 0 Å². The lowest BCUT2D eigenvalue weighted by Gasteiger charge is -2.18. The molecule has 0 aliphatic rings. The third-order valence-electron chi connectivity index (χ3n) is 3.91. The Bertz CT molecular complexity index is 932. The van der Waals surface area contributed by atoms with Crippen molar-refractivity contribution in [2.24, 2.45) is 0 Å². The zero-order chi connectivity index (χ0) is 19.6. The molecule has 0 aliphatic heterocycles. The van der Waals surface area contributed by atoms with Crippen LogP contribution in [0.1, 0.15) is 20.8 Å². The number of benzene rings is 1. The van der Waals surface area contributed by atoms with Gasteiger partial charge in [0.2, 0.25) is 5.95 Å². The van der Waals surface area contributed by atoms with Crippen LogP contribution in [0, 0.1) is 0 Å². The highest BCUT2D eigenvalue weighted by molar-refractivity contribution is 7.64. The molecule has 0 spiro atoms. The van der Waals surface area contributed by atoms with Crippen LogP contribution in [0.3, 0.4) is 0 Å². The molecule has 0 radical (unpaired) electrons. The molecule has 3 rings (SSSR count). The smallest absolute Gasteiger partial charge is 0.229 e. The van der Waals surface area contributed by atoms with Crippen molar-refractivity contribution in [1.82, 2.24) is 19.7 Å². The molecule has 8 heteroatoms. The number of nitrogens with zero attached hydrogens (tertiary/aromatic N) is 4. The lowest BCUT2D eigenvalue weighted by molar-refractivity contribution is 0.355. The minimum Gasteiger partial charge on any atom is -0.338 e. The van der Waals surface area contributed by atoms with Gasteiger partial charge in [0.1, 0.15) is 5.02 Å². The molecule has 0 unspecified atom stereocenters. The van der Waals surface area contributed by atoms with Gasteiger partial charge in [-0.25, -0.2) is 4.98 Å². The molecule has 3 aromatic rings. The van der Waals surface area contributed by atoms with Crippen molar-refractivity contribution in [2.45, 2.75) is 26.3 Å². The van der Waals surface area contributed by atoms with E-state index in [2.05, 4.69) is 65.9 Å². The maximum atomic E-state index is 6.32. The molecule has 0 fully saturated rings. The van der Waals surface area contributed by atoms with Crippen LogP contribution in [0.15, 0.2) is 42.9 Å². The molecule has 6 nitrogen and oxygen atoms in total. The minimum absolute atomic E-state index is 0.0874. The summed E-state index contributed by atoms with van der Waals surface area (Å²) in [5.74, 6) is 1.03. The van der Waals surface area contributed by atoms with Gasteiger partial charge in [0.15, 0.2) is 5.82 Å². The average Bonchev–Trinajstić information content (AvgIpc) is 3.07. The number of hydrogen-bond acceptors (Lipinski definition) is 5. The number of aromatic nitrogens is 4. The van der Waals surface area contributed by atoms with E-state index in [9.17, 15) is 0 Å². The molecule has 2 aromatic heterocycles. The van der Waals surface area contributed by atoms with E-state index in [1.165, 1.54) is 5.30 Å². The Labute approximate surface area is 166 Å². The van der Waals surface area contributed by atoms with Gasteiger partial charge in [-0.1, -0.05) is 37.7 Å². The summed E-state index contributed by atoms with van der Waals surface area (Å²) >= 11 is 6.32. The Morgan fingerprint density at radius 2 is 1.81 bits per heavy atom. The number of anilines is 4. The first-order valence-electron chi connectivity index (χ1n) is 8.62. The van der Waals surface area contributed by atoms with Gasteiger partial charge in [0, 0.05) is 11.9 Å². The zero-order valence-electron chi connectivity index (χ0n) is 16.2. The number of rotatable bonds is 5. The van der Waals surface area contributed by atoms with Crippen molar-refractivity contribution in [3.8, 4) is 0 Å². The zero-order valence-corrected chi connectivity index (χ0v) is 17.8. The third-order valence-corrected chi connectivity index (χ3v) is 5.54. The largest absolute Gasteiger partial charge is 0.338 e. The molecule has 1 aromatic carbocycles. The summed E-state index contributed by atoms with van der Waals surface area (Å²) in [6.07, 6.45) is 5.28. The summed E-state index contributed by atoms with van der Waals surface area (Å²) < 4.78 is 1.89. The Hall–Kier alpha value is -2.17. The third kappa shape index (κ3) is 4.76. The lowest BCUT2D eigenvalue weighted by atomic mass is 10.1. The van der Waals surface area contributed by atoms with Crippen LogP contribution in [0.5, 0.6) is 0 Å². The van der Waals surface area contributed by atoms with Gasteiger partial charge in [-0.3, -0.25) is 4.68 Å². The van der Waals surface area contributed by atoms with Gasteiger partial charge in [-0.05, 0) is 45.5 Å². The molecule has 0 aliphatic carbocycles. The van der Waals surface area contributed by atoms with Crippen LogP contribution < -0.4 is 15.9 Å². The summed E-state index contributed by atoms with van der Waals surface area (Å²) in [6.45, 7) is 10.7. The molecule has 0 atom stereocenters. The molecule has 0 amide bonds. The maximum Gasteiger partial charge on any atom is 0.229 e. The van der Waals surface area contributed by atoms with Crippen molar-refractivity contribution in [3.63, 3.8) is 0 Å². The van der Waals surface area contributed by atoms with Crippen molar-refractivity contribution in [3.05, 3.63) is 47.9 Å². The highest BCUT2D eigenvalue weighted by Gasteiger charge is 2.15. The van der Waals surface area contributed by atoms with Crippen LogP contribution in [-0.2, 0) is 5.54 Å². The van der Waals surface area contributed by atoms with Crippen LogP contribution >= 0.6 is 19.5 Å². The van der Waals surface area contributed by atoms with Crippen LogP contribution in [-0.4, -0.2) is 33.1 Å². The quantitative estimate of drug-likeness (QED) is 0.592.